The first-order valence-corrected chi connectivity index (χ1v) is 11.0. The van der Waals surface area contributed by atoms with Gasteiger partial charge in [0.05, 0.1) is 0 Å². The third-order valence-electron chi connectivity index (χ3n) is 5.21. The van der Waals surface area contributed by atoms with E-state index in [0.29, 0.717) is 0 Å². The zero-order valence-electron chi connectivity index (χ0n) is 17.1. The molecule has 0 amide bonds. The molecule has 0 atom stereocenters. The molecule has 1 rings (SSSR count). The van der Waals surface area contributed by atoms with Crippen molar-refractivity contribution in [1.29, 1.82) is 0 Å². The van der Waals surface area contributed by atoms with Crippen molar-refractivity contribution in [2.24, 2.45) is 0 Å². The molecule has 0 spiro atoms. The number of aromatic nitrogens is 1. The van der Waals surface area contributed by atoms with Crippen molar-refractivity contribution in [1.82, 2.24) is 0 Å². The zero-order chi connectivity index (χ0) is 18.0. The number of hydrogen-bond donors (Lipinski definition) is 1. The number of rotatable bonds is 17. The lowest BCUT2D eigenvalue weighted by Crippen LogP contribution is -3.00. The molecule has 2 nitrogen and oxygen atoms in total. The third kappa shape index (κ3) is 14.4. The highest BCUT2D eigenvalue weighted by molar-refractivity contribution is 4.96. The SMILES string of the molecule is CCCCCCCCCCCCCCCCCCc1cccc[n+]1O.[Cl-]. The number of unbranched alkanes of at least 4 members (excludes halogenated alkanes) is 15. The van der Waals surface area contributed by atoms with E-state index in [4.69, 9.17) is 0 Å². The molecule has 0 fully saturated rings. The molecule has 0 aliphatic rings. The normalized spacial score (nSPS) is 10.7. The Bertz CT molecular complexity index is 411. The molecular weight excluding hydrogens is 342 g/mol. The number of nitrogens with zero attached hydrogens (tertiary/aromatic N) is 1. The molecule has 0 aromatic carbocycles. The first-order valence-electron chi connectivity index (χ1n) is 11.0. The molecule has 1 N–H and O–H groups in total. The quantitative estimate of drug-likeness (QED) is 0.245. The molecule has 0 unspecified atom stereocenters. The predicted molar refractivity (Wildman–Crippen MR) is 107 cm³/mol. The highest BCUT2D eigenvalue weighted by Crippen LogP contribution is 2.14. The van der Waals surface area contributed by atoms with E-state index in [1.807, 2.05) is 18.2 Å². The molecule has 0 bridgehead atoms. The van der Waals surface area contributed by atoms with Gasteiger partial charge in [0.1, 0.15) is 0 Å². The molecule has 152 valence electrons. The topological polar surface area (TPSA) is 24.1 Å². The van der Waals surface area contributed by atoms with E-state index < -0.39 is 0 Å². The highest BCUT2D eigenvalue weighted by Gasteiger charge is 2.06. The summed E-state index contributed by atoms with van der Waals surface area (Å²) in [5.41, 5.74) is 1.02. The maximum Gasteiger partial charge on any atom is 0.234 e. The van der Waals surface area contributed by atoms with Crippen LogP contribution in [0.3, 0.4) is 0 Å². The van der Waals surface area contributed by atoms with Gasteiger partial charge in [0, 0.05) is 23.3 Å². The van der Waals surface area contributed by atoms with Crippen molar-refractivity contribution >= 4 is 0 Å². The van der Waals surface area contributed by atoms with Crippen molar-refractivity contribution in [3.05, 3.63) is 30.1 Å². The van der Waals surface area contributed by atoms with Crippen LogP contribution in [0.25, 0.3) is 0 Å². The summed E-state index contributed by atoms with van der Waals surface area (Å²) in [6.07, 6.45) is 25.1. The molecule has 0 radical (unpaired) electrons. The summed E-state index contributed by atoms with van der Waals surface area (Å²) in [6, 6.07) is 5.86. The second-order valence-electron chi connectivity index (χ2n) is 7.59. The van der Waals surface area contributed by atoms with Crippen LogP contribution in [-0.4, -0.2) is 5.21 Å². The van der Waals surface area contributed by atoms with Crippen LogP contribution in [0, 0.1) is 0 Å². The molecule has 1 aromatic heterocycles. The monoisotopic (exact) mass is 383 g/mol. The Morgan fingerprint density at radius 2 is 1.08 bits per heavy atom. The van der Waals surface area contributed by atoms with Crippen LogP contribution in [0.4, 0.5) is 0 Å². The van der Waals surface area contributed by atoms with Crippen molar-refractivity contribution in [3.63, 3.8) is 0 Å². The average molecular weight is 384 g/mol. The van der Waals surface area contributed by atoms with Crippen LogP contribution in [0.1, 0.15) is 115 Å². The van der Waals surface area contributed by atoms with Crippen LogP contribution < -0.4 is 17.1 Å². The van der Waals surface area contributed by atoms with Gasteiger partial charge in [-0.1, -0.05) is 103 Å². The number of aryl methyl sites for hydroxylation is 1. The first-order chi connectivity index (χ1) is 12.3. The summed E-state index contributed by atoms with van der Waals surface area (Å²) >= 11 is 0. The fourth-order valence-electron chi connectivity index (χ4n) is 3.52. The molecular formula is C23H42ClNO. The van der Waals surface area contributed by atoms with Crippen LogP contribution in [-0.2, 0) is 6.42 Å². The molecule has 3 heteroatoms. The van der Waals surface area contributed by atoms with Gasteiger partial charge in [0.25, 0.3) is 0 Å². The Balaban J connectivity index is 0.00000625. The first kappa shape index (κ1) is 25.2. The minimum absolute atomic E-state index is 0. The fraction of sp³-hybridized carbons (Fsp3) is 0.783. The molecule has 0 aliphatic heterocycles. The van der Waals surface area contributed by atoms with E-state index in [0.717, 1.165) is 12.1 Å². The minimum atomic E-state index is 0. The standard InChI is InChI=1S/C23H42NO.ClH/c1-2-3-4-5-6-7-8-9-10-11-12-13-14-15-16-17-20-23-21-18-19-22-24(23)25;/h18-19,21-22,25H,2-17,20H2,1H3;1H/q+1;/p-1. The van der Waals surface area contributed by atoms with Crippen LogP contribution in [0.2, 0.25) is 0 Å². The van der Waals surface area contributed by atoms with Crippen LogP contribution in [0.15, 0.2) is 24.4 Å². The molecule has 1 heterocycles. The van der Waals surface area contributed by atoms with E-state index in [-0.39, 0.29) is 12.4 Å². The van der Waals surface area contributed by atoms with E-state index >= 15 is 0 Å². The lowest BCUT2D eigenvalue weighted by atomic mass is 10.0. The summed E-state index contributed by atoms with van der Waals surface area (Å²) in [7, 11) is 0. The van der Waals surface area contributed by atoms with E-state index in [1.54, 1.807) is 6.20 Å². The van der Waals surface area contributed by atoms with Gasteiger partial charge >= 0.3 is 0 Å². The Morgan fingerprint density at radius 3 is 1.50 bits per heavy atom. The van der Waals surface area contributed by atoms with Gasteiger partial charge < -0.3 is 12.4 Å². The smallest absolute Gasteiger partial charge is 0.234 e. The van der Waals surface area contributed by atoms with Gasteiger partial charge in [-0.3, -0.25) is 5.21 Å². The second kappa shape index (κ2) is 19.0. The molecule has 26 heavy (non-hydrogen) atoms. The summed E-state index contributed by atoms with van der Waals surface area (Å²) in [5.74, 6) is 0. The van der Waals surface area contributed by atoms with Gasteiger partial charge in [0.2, 0.25) is 11.9 Å². The van der Waals surface area contributed by atoms with E-state index in [2.05, 4.69) is 6.92 Å². The number of hydrogen-bond acceptors (Lipinski definition) is 1. The van der Waals surface area contributed by atoms with Crippen molar-refractivity contribution in [2.75, 3.05) is 0 Å². The van der Waals surface area contributed by atoms with Gasteiger partial charge in [-0.05, 0) is 12.5 Å². The predicted octanol–water partition coefficient (Wildman–Crippen LogP) is 4.02. The molecule has 0 saturated carbocycles. The highest BCUT2D eigenvalue weighted by atomic mass is 35.5. The summed E-state index contributed by atoms with van der Waals surface area (Å²) in [4.78, 5) is 0. The lowest BCUT2D eigenvalue weighted by Gasteiger charge is -2.03. The number of halogens is 1. The lowest BCUT2D eigenvalue weighted by molar-refractivity contribution is -0.909. The van der Waals surface area contributed by atoms with E-state index in [9.17, 15) is 5.21 Å². The largest absolute Gasteiger partial charge is 1.00 e. The summed E-state index contributed by atoms with van der Waals surface area (Å²) < 4.78 is 1.26. The van der Waals surface area contributed by atoms with Crippen molar-refractivity contribution < 1.29 is 22.3 Å². The Labute approximate surface area is 168 Å². The van der Waals surface area contributed by atoms with Crippen molar-refractivity contribution in [2.45, 2.75) is 116 Å². The van der Waals surface area contributed by atoms with E-state index in [1.165, 1.54) is 107 Å². The van der Waals surface area contributed by atoms with Gasteiger partial charge in [-0.2, -0.15) is 0 Å². The Kier molecular flexibility index (Phi) is 18.5. The zero-order valence-corrected chi connectivity index (χ0v) is 17.9. The Morgan fingerprint density at radius 1 is 0.654 bits per heavy atom. The molecule has 1 aromatic rings. The van der Waals surface area contributed by atoms with Crippen LogP contribution in [0.5, 0.6) is 0 Å². The maximum atomic E-state index is 9.65. The minimum Gasteiger partial charge on any atom is -1.00 e. The van der Waals surface area contributed by atoms with Gasteiger partial charge in [-0.15, -0.1) is 0 Å². The third-order valence-corrected chi connectivity index (χ3v) is 5.21. The average Bonchev–Trinajstić information content (AvgIpc) is 2.63. The van der Waals surface area contributed by atoms with Crippen LogP contribution >= 0.6 is 0 Å². The summed E-state index contributed by atoms with van der Waals surface area (Å²) in [6.45, 7) is 2.29. The van der Waals surface area contributed by atoms with Gasteiger partial charge in [0.15, 0.2) is 0 Å². The Hall–Kier alpha value is -0.760. The molecule has 0 saturated heterocycles. The maximum absolute atomic E-state index is 9.65. The molecule has 0 aliphatic carbocycles. The second-order valence-corrected chi connectivity index (χ2v) is 7.59. The fourth-order valence-corrected chi connectivity index (χ4v) is 3.52. The van der Waals surface area contributed by atoms with Crippen molar-refractivity contribution in [3.8, 4) is 0 Å². The number of pyridine rings is 1. The summed E-state index contributed by atoms with van der Waals surface area (Å²) in [5, 5.41) is 9.65. The van der Waals surface area contributed by atoms with Gasteiger partial charge in [-0.25, -0.2) is 0 Å².